The average Bonchev–Trinajstić information content (AvgIpc) is 3.29. The van der Waals surface area contributed by atoms with Crippen LogP contribution in [0.15, 0.2) is 52.7 Å². The number of piperazine rings is 1. The van der Waals surface area contributed by atoms with Crippen molar-refractivity contribution in [3.05, 3.63) is 63.0 Å². The van der Waals surface area contributed by atoms with Gasteiger partial charge in [-0.05, 0) is 36.4 Å². The minimum Gasteiger partial charge on any atom is -0.497 e. The first kappa shape index (κ1) is 22.5. The molecule has 0 aliphatic carbocycles. The number of thiazole rings is 1. The summed E-state index contributed by atoms with van der Waals surface area (Å²) in [5.41, 5.74) is 1.38. The second-order valence-electron chi connectivity index (χ2n) is 7.01. The Bertz CT molecular complexity index is 1240. The Morgan fingerprint density at radius 3 is 2.44 bits per heavy atom. The number of aromatic nitrogens is 1. The zero-order chi connectivity index (χ0) is 22.9. The summed E-state index contributed by atoms with van der Waals surface area (Å²) in [6.07, 6.45) is 0. The molecule has 0 atom stereocenters. The van der Waals surface area contributed by atoms with Crippen molar-refractivity contribution in [1.29, 1.82) is 0 Å². The molecular formula is C20H19ClN4O5S2. The molecule has 1 aromatic heterocycles. The molecule has 168 valence electrons. The van der Waals surface area contributed by atoms with E-state index in [1.54, 1.807) is 7.11 Å². The molecule has 2 aromatic carbocycles. The van der Waals surface area contributed by atoms with Crippen LogP contribution in [0, 0.1) is 10.1 Å². The number of sulfonamides is 1. The molecule has 0 radical (unpaired) electrons. The molecule has 1 fully saturated rings. The molecule has 1 aliphatic heterocycles. The fraction of sp³-hybridized carbons (Fsp3) is 0.250. The van der Waals surface area contributed by atoms with E-state index in [-0.39, 0.29) is 23.0 Å². The van der Waals surface area contributed by atoms with Crippen LogP contribution < -0.4 is 9.64 Å². The molecule has 0 amide bonds. The summed E-state index contributed by atoms with van der Waals surface area (Å²) in [5.74, 6) is 0.771. The molecule has 1 saturated heterocycles. The highest BCUT2D eigenvalue weighted by atomic mass is 35.5. The molecule has 0 spiro atoms. The van der Waals surface area contributed by atoms with Gasteiger partial charge in [0.2, 0.25) is 10.0 Å². The van der Waals surface area contributed by atoms with Crippen LogP contribution in [0.5, 0.6) is 5.75 Å². The topological polar surface area (TPSA) is 106 Å². The summed E-state index contributed by atoms with van der Waals surface area (Å²) < 4.78 is 32.5. The lowest BCUT2D eigenvalue weighted by Gasteiger charge is -2.33. The normalized spacial score (nSPS) is 15.0. The molecule has 1 aliphatic rings. The number of nitro groups is 1. The number of hydrogen-bond acceptors (Lipinski definition) is 8. The summed E-state index contributed by atoms with van der Waals surface area (Å²) in [7, 11) is -2.26. The number of ether oxygens (including phenoxy) is 1. The molecule has 9 nitrogen and oxygen atoms in total. The Morgan fingerprint density at radius 1 is 1.12 bits per heavy atom. The third-order valence-corrected chi connectivity index (χ3v) is 8.25. The predicted molar refractivity (Wildman–Crippen MR) is 123 cm³/mol. The number of nitrogens with zero attached hydrogens (tertiary/aromatic N) is 4. The number of halogens is 1. The first-order valence-electron chi connectivity index (χ1n) is 9.58. The fourth-order valence-electron chi connectivity index (χ4n) is 3.37. The van der Waals surface area contributed by atoms with Crippen molar-refractivity contribution in [3.63, 3.8) is 0 Å². The summed E-state index contributed by atoms with van der Waals surface area (Å²) in [6, 6.07) is 11.2. The van der Waals surface area contributed by atoms with E-state index in [1.165, 1.54) is 27.8 Å². The molecule has 0 unspecified atom stereocenters. The number of nitro benzene ring substituents is 1. The minimum atomic E-state index is -3.87. The predicted octanol–water partition coefficient (Wildman–Crippen LogP) is 3.89. The molecule has 0 saturated carbocycles. The zero-order valence-electron chi connectivity index (χ0n) is 17.0. The van der Waals surface area contributed by atoms with Gasteiger partial charge in [0.1, 0.15) is 10.8 Å². The highest BCUT2D eigenvalue weighted by molar-refractivity contribution is 7.89. The quantitative estimate of drug-likeness (QED) is 0.378. The molecule has 4 rings (SSSR count). The monoisotopic (exact) mass is 494 g/mol. The van der Waals surface area contributed by atoms with E-state index in [0.717, 1.165) is 28.2 Å². The van der Waals surface area contributed by atoms with Crippen LogP contribution in [0.2, 0.25) is 5.02 Å². The van der Waals surface area contributed by atoms with E-state index in [0.29, 0.717) is 13.1 Å². The van der Waals surface area contributed by atoms with E-state index in [4.69, 9.17) is 21.3 Å². The number of hydrogen-bond donors (Lipinski definition) is 0. The standard InChI is InChI=1S/C20H19ClN4O5S2/c1-30-15-4-2-14(3-5-15)18-13-31-20(22-18)23-8-10-24(11-9-23)32(28,29)16-6-7-17(21)19(12-16)25(26)27/h2-7,12-13H,8-11H2,1H3. The van der Waals surface area contributed by atoms with Crippen LogP contribution in [-0.4, -0.2) is 55.9 Å². The number of rotatable bonds is 6. The van der Waals surface area contributed by atoms with Crippen LogP contribution in [0.1, 0.15) is 0 Å². The van der Waals surface area contributed by atoms with Crippen molar-refractivity contribution in [1.82, 2.24) is 9.29 Å². The average molecular weight is 495 g/mol. The van der Waals surface area contributed by atoms with Gasteiger partial charge in [-0.25, -0.2) is 13.4 Å². The second-order valence-corrected chi connectivity index (χ2v) is 10.2. The van der Waals surface area contributed by atoms with Gasteiger partial charge in [0.05, 0.1) is 22.6 Å². The van der Waals surface area contributed by atoms with E-state index in [2.05, 4.69) is 0 Å². The Labute approximate surface area is 194 Å². The zero-order valence-corrected chi connectivity index (χ0v) is 19.4. The van der Waals surface area contributed by atoms with Crippen molar-refractivity contribution in [3.8, 4) is 17.0 Å². The SMILES string of the molecule is COc1ccc(-c2csc(N3CCN(S(=O)(=O)c4ccc(Cl)c([N+](=O)[O-])c4)CC3)n2)cc1. The minimum absolute atomic E-state index is 0.102. The third kappa shape index (κ3) is 4.42. The first-order chi connectivity index (χ1) is 15.3. The maximum atomic E-state index is 13.0. The van der Waals surface area contributed by atoms with Gasteiger partial charge in [0, 0.05) is 43.2 Å². The molecule has 12 heteroatoms. The van der Waals surface area contributed by atoms with Gasteiger partial charge in [-0.2, -0.15) is 4.31 Å². The second kappa shape index (κ2) is 9.02. The summed E-state index contributed by atoms with van der Waals surface area (Å²) >= 11 is 7.31. The summed E-state index contributed by atoms with van der Waals surface area (Å²) in [4.78, 5) is 17.0. The van der Waals surface area contributed by atoms with Gasteiger partial charge in [-0.3, -0.25) is 10.1 Å². The Kier molecular flexibility index (Phi) is 6.33. The summed E-state index contributed by atoms with van der Waals surface area (Å²) in [6.45, 7) is 1.42. The molecule has 3 aromatic rings. The van der Waals surface area contributed by atoms with E-state index >= 15 is 0 Å². The highest BCUT2D eigenvalue weighted by Gasteiger charge is 2.31. The largest absolute Gasteiger partial charge is 0.497 e. The summed E-state index contributed by atoms with van der Waals surface area (Å²) in [5, 5.41) is 13.8. The molecule has 32 heavy (non-hydrogen) atoms. The van der Waals surface area contributed by atoms with Crippen LogP contribution in [0.4, 0.5) is 10.8 Å². The van der Waals surface area contributed by atoms with Crippen LogP contribution in [0.25, 0.3) is 11.3 Å². The van der Waals surface area contributed by atoms with E-state index < -0.39 is 20.6 Å². The van der Waals surface area contributed by atoms with Gasteiger partial charge in [-0.1, -0.05) is 11.6 Å². The van der Waals surface area contributed by atoms with Crippen molar-refractivity contribution >= 4 is 43.8 Å². The molecule has 0 N–H and O–H groups in total. The van der Waals surface area contributed by atoms with Crippen molar-refractivity contribution in [2.75, 3.05) is 38.2 Å². The lowest BCUT2D eigenvalue weighted by Crippen LogP contribution is -2.48. The lowest BCUT2D eigenvalue weighted by molar-refractivity contribution is -0.384. The maximum absolute atomic E-state index is 13.0. The van der Waals surface area contributed by atoms with Crippen LogP contribution >= 0.6 is 22.9 Å². The van der Waals surface area contributed by atoms with E-state index in [1.807, 2.05) is 34.5 Å². The van der Waals surface area contributed by atoms with Crippen LogP contribution in [0.3, 0.4) is 0 Å². The number of anilines is 1. The maximum Gasteiger partial charge on any atom is 0.289 e. The third-order valence-electron chi connectivity index (χ3n) is 5.14. The lowest BCUT2D eigenvalue weighted by atomic mass is 10.2. The van der Waals surface area contributed by atoms with Gasteiger partial charge < -0.3 is 9.64 Å². The number of benzene rings is 2. The van der Waals surface area contributed by atoms with Gasteiger partial charge in [-0.15, -0.1) is 11.3 Å². The molecular weight excluding hydrogens is 476 g/mol. The fourth-order valence-corrected chi connectivity index (χ4v) is 5.88. The van der Waals surface area contributed by atoms with Gasteiger partial charge in [0.25, 0.3) is 5.69 Å². The Hall–Kier alpha value is -2.73. The van der Waals surface area contributed by atoms with Crippen molar-refractivity contribution in [2.24, 2.45) is 0 Å². The van der Waals surface area contributed by atoms with Crippen molar-refractivity contribution in [2.45, 2.75) is 4.90 Å². The van der Waals surface area contributed by atoms with Gasteiger partial charge in [0.15, 0.2) is 5.13 Å². The van der Waals surface area contributed by atoms with Crippen molar-refractivity contribution < 1.29 is 18.1 Å². The highest BCUT2D eigenvalue weighted by Crippen LogP contribution is 2.31. The Morgan fingerprint density at radius 2 is 1.81 bits per heavy atom. The van der Waals surface area contributed by atoms with Crippen LogP contribution in [-0.2, 0) is 10.0 Å². The van der Waals surface area contributed by atoms with Gasteiger partial charge >= 0.3 is 0 Å². The smallest absolute Gasteiger partial charge is 0.289 e. The first-order valence-corrected chi connectivity index (χ1v) is 12.3. The number of methoxy groups -OCH3 is 1. The molecule has 0 bridgehead atoms. The van der Waals surface area contributed by atoms with E-state index in [9.17, 15) is 18.5 Å². The molecule has 2 heterocycles. The Balaban J connectivity index is 1.46.